The molecule has 0 atom stereocenters. The molecule has 0 unspecified atom stereocenters. The van der Waals surface area contributed by atoms with Crippen molar-refractivity contribution in [3.8, 4) is 0 Å². The summed E-state index contributed by atoms with van der Waals surface area (Å²) < 4.78 is 55.6. The molecule has 0 aliphatic carbocycles. The van der Waals surface area contributed by atoms with E-state index in [-0.39, 0.29) is 37.8 Å². The maximum absolute atomic E-state index is 12.6. The van der Waals surface area contributed by atoms with E-state index in [1.54, 1.807) is 12.1 Å². The molecule has 0 saturated carbocycles. The number of amides is 1. The Labute approximate surface area is 181 Å². The number of halogens is 3. The molecular formula is C18H17ClF2N2O5S2. The third-order valence-corrected chi connectivity index (χ3v) is 6.72. The number of hydrogen-bond acceptors (Lipinski definition) is 6. The van der Waals surface area contributed by atoms with Crippen LogP contribution in [0.3, 0.4) is 0 Å². The first-order chi connectivity index (χ1) is 14.0. The molecule has 12 heteroatoms. The zero-order valence-electron chi connectivity index (χ0n) is 15.8. The van der Waals surface area contributed by atoms with Crippen molar-refractivity contribution in [2.45, 2.75) is 15.5 Å². The minimum absolute atomic E-state index is 0.0777. The first-order valence-electron chi connectivity index (χ1n) is 8.25. The number of alkyl halides is 2. The lowest BCUT2D eigenvalue weighted by atomic mass is 10.2. The van der Waals surface area contributed by atoms with Crippen LogP contribution in [0.2, 0.25) is 5.02 Å². The first-order valence-corrected chi connectivity index (χ1v) is 10.9. The van der Waals surface area contributed by atoms with Crippen LogP contribution in [0.5, 0.6) is 0 Å². The normalized spacial score (nSPS) is 11.6. The standard InChI is InChI=1S/C18H17ClF2N2O5S2/c1-23(2)30(26,27)15-9-11(7-8-12(15)19)17(25)28-10-16(24)22-13-5-3-4-6-14(13)29-18(20)21/h3-9,18H,10H2,1-2H3,(H,22,24). The summed E-state index contributed by atoms with van der Waals surface area (Å²) in [6, 6.07) is 9.48. The Hall–Kier alpha value is -2.21. The monoisotopic (exact) mass is 478 g/mol. The van der Waals surface area contributed by atoms with Gasteiger partial charge in [0.25, 0.3) is 11.7 Å². The summed E-state index contributed by atoms with van der Waals surface area (Å²) in [7, 11) is -1.28. The van der Waals surface area contributed by atoms with Crippen LogP contribution in [0.15, 0.2) is 52.3 Å². The Kier molecular flexibility index (Phi) is 8.18. The predicted octanol–water partition coefficient (Wildman–Crippen LogP) is 3.70. The van der Waals surface area contributed by atoms with Crippen molar-refractivity contribution in [3.63, 3.8) is 0 Å². The van der Waals surface area contributed by atoms with Crippen molar-refractivity contribution in [3.05, 3.63) is 53.1 Å². The van der Waals surface area contributed by atoms with Gasteiger partial charge in [0.15, 0.2) is 6.61 Å². The van der Waals surface area contributed by atoms with Crippen LogP contribution in [0.4, 0.5) is 14.5 Å². The third-order valence-electron chi connectivity index (χ3n) is 3.64. The van der Waals surface area contributed by atoms with Gasteiger partial charge in [0, 0.05) is 19.0 Å². The smallest absolute Gasteiger partial charge is 0.338 e. The molecule has 0 radical (unpaired) electrons. The number of benzene rings is 2. The van der Waals surface area contributed by atoms with Crippen LogP contribution in [0.1, 0.15) is 10.4 Å². The van der Waals surface area contributed by atoms with E-state index in [1.165, 1.54) is 38.4 Å². The molecule has 1 N–H and O–H groups in total. The maximum atomic E-state index is 12.6. The second-order valence-electron chi connectivity index (χ2n) is 5.93. The number of nitrogens with zero attached hydrogens (tertiary/aromatic N) is 1. The highest BCUT2D eigenvalue weighted by atomic mass is 35.5. The quantitative estimate of drug-likeness (QED) is 0.459. The second kappa shape index (κ2) is 10.2. The van der Waals surface area contributed by atoms with E-state index in [4.69, 9.17) is 16.3 Å². The number of sulfonamides is 1. The lowest BCUT2D eigenvalue weighted by molar-refractivity contribution is -0.119. The molecule has 0 aromatic heterocycles. The van der Waals surface area contributed by atoms with Crippen molar-refractivity contribution in [2.24, 2.45) is 0 Å². The van der Waals surface area contributed by atoms with Gasteiger partial charge in [-0.15, -0.1) is 0 Å². The fraction of sp³-hybridized carbons (Fsp3) is 0.222. The van der Waals surface area contributed by atoms with E-state index >= 15 is 0 Å². The molecule has 0 aliphatic heterocycles. The summed E-state index contributed by atoms with van der Waals surface area (Å²) in [4.78, 5) is 24.1. The molecule has 2 rings (SSSR count). The van der Waals surface area contributed by atoms with Crippen molar-refractivity contribution in [2.75, 3.05) is 26.0 Å². The largest absolute Gasteiger partial charge is 0.452 e. The van der Waals surface area contributed by atoms with Crippen molar-refractivity contribution >= 4 is 50.9 Å². The van der Waals surface area contributed by atoms with E-state index in [2.05, 4.69) is 5.32 Å². The first kappa shape index (κ1) is 24.1. The molecule has 2 aromatic rings. The number of nitrogens with one attached hydrogen (secondary N) is 1. The number of ether oxygens (including phenoxy) is 1. The van der Waals surface area contributed by atoms with E-state index < -0.39 is 34.3 Å². The Balaban J connectivity index is 2.07. The number of hydrogen-bond donors (Lipinski definition) is 1. The molecule has 0 fully saturated rings. The van der Waals surface area contributed by atoms with Gasteiger partial charge in [-0.05, 0) is 30.3 Å². The van der Waals surface area contributed by atoms with Gasteiger partial charge in [0.05, 0.1) is 16.3 Å². The SMILES string of the molecule is CN(C)S(=O)(=O)c1cc(C(=O)OCC(=O)Nc2ccccc2SC(F)F)ccc1Cl. The van der Waals surface area contributed by atoms with Crippen molar-refractivity contribution in [1.29, 1.82) is 0 Å². The van der Waals surface area contributed by atoms with Gasteiger partial charge in [-0.3, -0.25) is 4.79 Å². The van der Waals surface area contributed by atoms with Crippen LogP contribution in [-0.4, -0.2) is 51.1 Å². The molecule has 0 saturated heterocycles. The predicted molar refractivity (Wildman–Crippen MR) is 110 cm³/mol. The fourth-order valence-electron chi connectivity index (χ4n) is 2.19. The number of rotatable bonds is 8. The fourth-order valence-corrected chi connectivity index (χ4v) is 4.18. The summed E-state index contributed by atoms with van der Waals surface area (Å²) >= 11 is 6.19. The van der Waals surface area contributed by atoms with Crippen molar-refractivity contribution in [1.82, 2.24) is 4.31 Å². The summed E-state index contributed by atoms with van der Waals surface area (Å²) in [6.45, 7) is -0.703. The molecule has 0 heterocycles. The van der Waals surface area contributed by atoms with Gasteiger partial charge in [0.1, 0.15) is 4.90 Å². The average molecular weight is 479 g/mol. The van der Waals surface area contributed by atoms with E-state index in [1.807, 2.05) is 0 Å². The van der Waals surface area contributed by atoms with E-state index in [0.717, 1.165) is 10.4 Å². The van der Waals surface area contributed by atoms with Gasteiger partial charge in [-0.1, -0.05) is 35.5 Å². The van der Waals surface area contributed by atoms with Gasteiger partial charge >= 0.3 is 5.97 Å². The van der Waals surface area contributed by atoms with E-state index in [9.17, 15) is 26.8 Å². The topological polar surface area (TPSA) is 92.8 Å². The van der Waals surface area contributed by atoms with Gasteiger partial charge in [-0.2, -0.15) is 8.78 Å². The minimum Gasteiger partial charge on any atom is -0.452 e. The minimum atomic E-state index is -3.90. The molecule has 0 aliphatic rings. The zero-order chi connectivity index (χ0) is 22.5. The summed E-state index contributed by atoms with van der Waals surface area (Å²) in [5, 5.41) is 2.31. The third kappa shape index (κ3) is 6.14. The molecule has 0 bridgehead atoms. The van der Waals surface area contributed by atoms with Gasteiger partial charge < -0.3 is 10.1 Å². The number of anilines is 1. The van der Waals surface area contributed by atoms with Crippen LogP contribution >= 0.6 is 23.4 Å². The number of carbonyl (C=O) groups is 2. The maximum Gasteiger partial charge on any atom is 0.338 e. The second-order valence-corrected chi connectivity index (χ2v) is 9.49. The lowest BCUT2D eigenvalue weighted by Gasteiger charge is -2.14. The van der Waals surface area contributed by atoms with Crippen LogP contribution < -0.4 is 5.32 Å². The summed E-state index contributed by atoms with van der Waals surface area (Å²) in [5.74, 6) is -4.37. The Bertz CT molecular complexity index is 1050. The molecule has 7 nitrogen and oxygen atoms in total. The van der Waals surface area contributed by atoms with Gasteiger partial charge in [-0.25, -0.2) is 17.5 Å². The molecule has 2 aromatic carbocycles. The highest BCUT2D eigenvalue weighted by molar-refractivity contribution is 7.99. The van der Waals surface area contributed by atoms with Crippen LogP contribution in [0.25, 0.3) is 0 Å². The number of carbonyl (C=O) groups excluding carboxylic acids is 2. The van der Waals surface area contributed by atoms with E-state index in [0.29, 0.717) is 0 Å². The highest BCUT2D eigenvalue weighted by Crippen LogP contribution is 2.31. The zero-order valence-corrected chi connectivity index (χ0v) is 18.2. The molecule has 0 spiro atoms. The van der Waals surface area contributed by atoms with Crippen LogP contribution in [-0.2, 0) is 19.6 Å². The Morgan fingerprint density at radius 1 is 1.20 bits per heavy atom. The lowest BCUT2D eigenvalue weighted by Crippen LogP contribution is -2.23. The Morgan fingerprint density at radius 2 is 1.87 bits per heavy atom. The molecule has 30 heavy (non-hydrogen) atoms. The number of esters is 1. The van der Waals surface area contributed by atoms with Gasteiger partial charge in [0.2, 0.25) is 10.0 Å². The molecule has 1 amide bonds. The highest BCUT2D eigenvalue weighted by Gasteiger charge is 2.23. The Morgan fingerprint density at radius 3 is 2.50 bits per heavy atom. The molecular weight excluding hydrogens is 462 g/mol. The average Bonchev–Trinajstić information content (AvgIpc) is 2.67. The number of thioether (sulfide) groups is 1. The van der Waals surface area contributed by atoms with Crippen molar-refractivity contribution < 1.29 is 31.5 Å². The summed E-state index contributed by atoms with van der Waals surface area (Å²) in [6.07, 6.45) is 0. The summed E-state index contributed by atoms with van der Waals surface area (Å²) in [5.41, 5.74) is 0.0241. The molecule has 162 valence electrons. The van der Waals surface area contributed by atoms with Crippen LogP contribution in [0, 0.1) is 0 Å². The number of para-hydroxylation sites is 1.